The summed E-state index contributed by atoms with van der Waals surface area (Å²) in [5, 5.41) is 11.4. The van der Waals surface area contributed by atoms with Crippen LogP contribution in [0.25, 0.3) is 0 Å². The number of anilines is 3. The number of amides is 2. The Morgan fingerprint density at radius 1 is 0.935 bits per heavy atom. The number of rotatable bonds is 5. The van der Waals surface area contributed by atoms with Crippen molar-refractivity contribution in [3.05, 3.63) is 30.5 Å². The number of hydrogen-bond donors (Lipinski definition) is 1. The number of carbonyl (C=O) groups is 1. The topological polar surface area (TPSA) is 92.3 Å². The minimum Gasteiger partial charge on any atom is -0.497 e. The smallest absolute Gasteiger partial charge is 0.321 e. The second kappa shape index (κ2) is 9.69. The molecular weight excluding hydrogens is 400 g/mol. The highest BCUT2D eigenvalue weighted by molar-refractivity contribution is 5.90. The molecule has 10 nitrogen and oxygen atoms in total. The molecule has 31 heavy (non-hydrogen) atoms. The average Bonchev–Trinajstić information content (AvgIpc) is 2.84. The zero-order valence-corrected chi connectivity index (χ0v) is 17.9. The number of hydrogen-bond acceptors (Lipinski definition) is 8. The van der Waals surface area contributed by atoms with E-state index in [0.717, 1.165) is 37.8 Å². The Bertz CT molecular complexity index is 875. The lowest BCUT2D eigenvalue weighted by molar-refractivity contribution is 0.122. The van der Waals surface area contributed by atoms with Crippen LogP contribution in [0.15, 0.2) is 30.5 Å². The molecule has 2 saturated heterocycles. The summed E-state index contributed by atoms with van der Waals surface area (Å²) >= 11 is 0. The molecule has 0 saturated carbocycles. The number of benzene rings is 1. The fourth-order valence-electron chi connectivity index (χ4n) is 3.72. The molecule has 0 aliphatic carbocycles. The molecule has 10 heteroatoms. The maximum absolute atomic E-state index is 12.7. The van der Waals surface area contributed by atoms with Crippen molar-refractivity contribution in [1.82, 2.24) is 15.1 Å². The van der Waals surface area contributed by atoms with Gasteiger partial charge in [0, 0.05) is 69.2 Å². The third-order valence-corrected chi connectivity index (χ3v) is 5.50. The van der Waals surface area contributed by atoms with Gasteiger partial charge >= 0.3 is 6.03 Å². The molecule has 2 amide bonds. The van der Waals surface area contributed by atoms with Gasteiger partial charge in [-0.3, -0.25) is 0 Å². The fourth-order valence-corrected chi connectivity index (χ4v) is 3.72. The summed E-state index contributed by atoms with van der Waals surface area (Å²) in [6, 6.07) is 7.22. The summed E-state index contributed by atoms with van der Waals surface area (Å²) < 4.78 is 16.0. The number of nitrogens with zero attached hydrogens (tertiary/aromatic N) is 5. The Labute approximate surface area is 181 Å². The number of urea groups is 1. The molecule has 0 spiro atoms. The molecule has 0 radical (unpaired) electrons. The second-order valence-electron chi connectivity index (χ2n) is 7.38. The highest BCUT2D eigenvalue weighted by atomic mass is 16.5. The van der Waals surface area contributed by atoms with E-state index in [4.69, 9.17) is 14.2 Å². The highest BCUT2D eigenvalue weighted by Gasteiger charge is 2.23. The first-order valence-electron chi connectivity index (χ1n) is 10.4. The van der Waals surface area contributed by atoms with Gasteiger partial charge < -0.3 is 34.2 Å². The van der Waals surface area contributed by atoms with Crippen molar-refractivity contribution in [3.8, 4) is 11.5 Å². The van der Waals surface area contributed by atoms with Crippen LogP contribution in [0.4, 0.5) is 22.0 Å². The monoisotopic (exact) mass is 428 g/mol. The van der Waals surface area contributed by atoms with E-state index in [1.807, 2.05) is 0 Å². The van der Waals surface area contributed by atoms with Crippen molar-refractivity contribution in [2.75, 3.05) is 81.8 Å². The van der Waals surface area contributed by atoms with Crippen LogP contribution in [0.2, 0.25) is 0 Å². The van der Waals surface area contributed by atoms with Gasteiger partial charge in [0.1, 0.15) is 11.5 Å². The summed E-state index contributed by atoms with van der Waals surface area (Å²) in [5.41, 5.74) is 1.69. The molecule has 4 rings (SSSR count). The van der Waals surface area contributed by atoms with Crippen molar-refractivity contribution >= 4 is 23.2 Å². The minimum absolute atomic E-state index is 0.150. The third kappa shape index (κ3) is 5.08. The van der Waals surface area contributed by atoms with Crippen molar-refractivity contribution in [2.45, 2.75) is 0 Å². The molecule has 2 aliphatic rings. The first-order chi connectivity index (χ1) is 15.2. The summed E-state index contributed by atoms with van der Waals surface area (Å²) in [6.07, 6.45) is 1.79. The molecule has 1 N–H and O–H groups in total. The van der Waals surface area contributed by atoms with Crippen LogP contribution in [0.1, 0.15) is 0 Å². The SMILES string of the molecule is COc1cc(NC(=O)N2CCN(c3cc(N4CCOCC4)cnn3)CC2)cc(OC)c1. The van der Waals surface area contributed by atoms with Crippen LogP contribution in [0, 0.1) is 0 Å². The van der Waals surface area contributed by atoms with Gasteiger partial charge in [-0.2, -0.15) is 5.10 Å². The van der Waals surface area contributed by atoms with Crippen LogP contribution in [0.3, 0.4) is 0 Å². The molecule has 0 unspecified atom stereocenters. The fraction of sp³-hybridized carbons (Fsp3) is 0.476. The van der Waals surface area contributed by atoms with Gasteiger partial charge in [0.25, 0.3) is 0 Å². The van der Waals surface area contributed by atoms with Crippen molar-refractivity contribution < 1.29 is 19.0 Å². The molecule has 3 heterocycles. The lowest BCUT2D eigenvalue weighted by Gasteiger charge is -2.35. The molecule has 2 fully saturated rings. The van der Waals surface area contributed by atoms with E-state index < -0.39 is 0 Å². The van der Waals surface area contributed by atoms with Gasteiger partial charge in [-0.25, -0.2) is 4.79 Å². The Morgan fingerprint density at radius 2 is 1.61 bits per heavy atom. The van der Waals surface area contributed by atoms with Crippen LogP contribution in [-0.4, -0.2) is 87.8 Å². The third-order valence-electron chi connectivity index (χ3n) is 5.50. The molecule has 1 aromatic heterocycles. The van der Waals surface area contributed by atoms with Crippen LogP contribution in [0.5, 0.6) is 11.5 Å². The number of piperazine rings is 1. The van der Waals surface area contributed by atoms with Gasteiger partial charge in [0.05, 0.1) is 39.3 Å². The molecule has 0 atom stereocenters. The standard InChI is InChI=1S/C21H28N6O4/c1-29-18-11-16(12-19(14-18)30-2)23-21(28)27-5-3-26(4-6-27)20-13-17(15-22-24-20)25-7-9-31-10-8-25/h11-15H,3-10H2,1-2H3,(H,23,28). The zero-order chi connectivity index (χ0) is 21.6. The number of ether oxygens (including phenoxy) is 3. The second-order valence-corrected chi connectivity index (χ2v) is 7.38. The van der Waals surface area contributed by atoms with Crippen LogP contribution < -0.4 is 24.6 Å². The first-order valence-corrected chi connectivity index (χ1v) is 10.4. The zero-order valence-electron chi connectivity index (χ0n) is 17.9. The molecule has 1 aromatic carbocycles. The Balaban J connectivity index is 1.35. The van der Waals surface area contributed by atoms with Crippen molar-refractivity contribution in [3.63, 3.8) is 0 Å². The number of carbonyl (C=O) groups excluding carboxylic acids is 1. The van der Waals surface area contributed by atoms with Gasteiger partial charge in [-0.05, 0) is 0 Å². The average molecular weight is 428 g/mol. The Morgan fingerprint density at radius 3 is 2.26 bits per heavy atom. The quantitative estimate of drug-likeness (QED) is 0.769. The van der Waals surface area contributed by atoms with E-state index in [-0.39, 0.29) is 6.03 Å². The van der Waals surface area contributed by atoms with Gasteiger partial charge in [0.2, 0.25) is 0 Å². The maximum atomic E-state index is 12.7. The maximum Gasteiger partial charge on any atom is 0.321 e. The van der Waals surface area contributed by atoms with E-state index in [9.17, 15) is 4.79 Å². The largest absolute Gasteiger partial charge is 0.497 e. The number of nitrogens with one attached hydrogen (secondary N) is 1. The summed E-state index contributed by atoms with van der Waals surface area (Å²) in [7, 11) is 3.16. The van der Waals surface area contributed by atoms with Gasteiger partial charge in [0.15, 0.2) is 5.82 Å². The normalized spacial score (nSPS) is 16.8. The van der Waals surface area contributed by atoms with Gasteiger partial charge in [-0.15, -0.1) is 5.10 Å². The van der Waals surface area contributed by atoms with E-state index in [1.165, 1.54) is 0 Å². The molecule has 166 valence electrons. The Kier molecular flexibility index (Phi) is 6.56. The van der Waals surface area contributed by atoms with E-state index >= 15 is 0 Å². The highest BCUT2D eigenvalue weighted by Crippen LogP contribution is 2.26. The number of aromatic nitrogens is 2. The number of methoxy groups -OCH3 is 2. The molecule has 2 aromatic rings. The molecular formula is C21H28N6O4. The predicted molar refractivity (Wildman–Crippen MR) is 117 cm³/mol. The van der Waals surface area contributed by atoms with Crippen molar-refractivity contribution in [1.29, 1.82) is 0 Å². The van der Waals surface area contributed by atoms with Crippen LogP contribution >= 0.6 is 0 Å². The lowest BCUT2D eigenvalue weighted by atomic mass is 10.2. The molecule has 2 aliphatic heterocycles. The first kappa shape index (κ1) is 21.0. The van der Waals surface area contributed by atoms with E-state index in [2.05, 4.69) is 31.4 Å². The summed E-state index contributed by atoms with van der Waals surface area (Å²) in [4.78, 5) is 19.0. The minimum atomic E-state index is -0.150. The van der Waals surface area contributed by atoms with Crippen LogP contribution in [-0.2, 0) is 4.74 Å². The lowest BCUT2D eigenvalue weighted by Crippen LogP contribution is -2.50. The summed E-state index contributed by atoms with van der Waals surface area (Å²) in [5.74, 6) is 2.08. The van der Waals surface area contributed by atoms with E-state index in [0.29, 0.717) is 43.4 Å². The molecule has 0 bridgehead atoms. The Hall–Kier alpha value is -3.27. The van der Waals surface area contributed by atoms with Crippen molar-refractivity contribution in [2.24, 2.45) is 0 Å². The summed E-state index contributed by atoms with van der Waals surface area (Å²) in [6.45, 7) is 5.73. The number of morpholine rings is 1. The van der Waals surface area contributed by atoms with Gasteiger partial charge in [-0.1, -0.05) is 0 Å². The van der Waals surface area contributed by atoms with E-state index in [1.54, 1.807) is 43.5 Å². The predicted octanol–water partition coefficient (Wildman–Crippen LogP) is 1.68.